The number of nitro groups is 1. The molecule has 1 aromatic rings. The average Bonchev–Trinajstić information content (AvgIpc) is 2.44. The summed E-state index contributed by atoms with van der Waals surface area (Å²) in [6.07, 6.45) is -14.6. The number of rotatable bonds is 5. The molecule has 0 aliphatic carbocycles. The Labute approximate surface area is 131 Å². The van der Waals surface area contributed by atoms with E-state index in [-0.39, 0.29) is 0 Å². The molecule has 1 aromatic carbocycles. The molecule has 24 heavy (non-hydrogen) atoms. The smallest absolute Gasteiger partial charge is 0.374 e. The highest BCUT2D eigenvalue weighted by Gasteiger charge is 2.74. The number of halogens is 7. The molecule has 0 N–H and O–H groups in total. The van der Waals surface area contributed by atoms with E-state index in [1.54, 1.807) is 0 Å². The monoisotopic (exact) mass is 363 g/mol. The van der Waals surface area contributed by atoms with Gasteiger partial charge in [-0.3, -0.25) is 10.1 Å². The van der Waals surface area contributed by atoms with Crippen molar-refractivity contribution in [3.63, 3.8) is 0 Å². The van der Waals surface area contributed by atoms with Gasteiger partial charge >= 0.3 is 18.0 Å². The Bertz CT molecular complexity index is 600. The van der Waals surface area contributed by atoms with Crippen molar-refractivity contribution < 1.29 is 40.4 Å². The Morgan fingerprint density at radius 1 is 1.08 bits per heavy atom. The summed E-state index contributed by atoms with van der Waals surface area (Å²) in [5.41, 5.74) is -8.93. The second-order valence-corrected chi connectivity index (χ2v) is 5.22. The van der Waals surface area contributed by atoms with Gasteiger partial charge in [-0.05, 0) is 12.5 Å². The van der Waals surface area contributed by atoms with E-state index in [9.17, 15) is 40.8 Å². The fraction of sp³-hybridized carbons (Fsp3) is 0.538. The maximum Gasteiger partial charge on any atom is 0.431 e. The average molecular weight is 363 g/mol. The van der Waals surface area contributed by atoms with Crippen LogP contribution in [0.25, 0.3) is 0 Å². The Hall–Kier alpha value is -1.91. The van der Waals surface area contributed by atoms with E-state index < -0.39 is 46.2 Å². The predicted octanol–water partition coefficient (Wildman–Crippen LogP) is 4.68. The number of alkyl halides is 7. The van der Waals surface area contributed by atoms with Crippen molar-refractivity contribution in [1.82, 2.24) is 0 Å². The second kappa shape index (κ2) is 6.19. The van der Waals surface area contributed by atoms with Gasteiger partial charge in [0.25, 0.3) is 5.69 Å². The van der Waals surface area contributed by atoms with Crippen LogP contribution in [0.3, 0.4) is 0 Å². The van der Waals surface area contributed by atoms with Gasteiger partial charge in [0.1, 0.15) is 0 Å². The summed E-state index contributed by atoms with van der Waals surface area (Å²) in [5, 5.41) is 10.7. The molecule has 1 atom stereocenters. The molecule has 0 aliphatic rings. The molecule has 136 valence electrons. The number of benzene rings is 1. The minimum atomic E-state index is -6.24. The van der Waals surface area contributed by atoms with Crippen molar-refractivity contribution >= 4 is 5.69 Å². The molecule has 0 saturated carbocycles. The summed E-state index contributed by atoms with van der Waals surface area (Å²) >= 11 is 0. The number of ether oxygens (including phenoxy) is 1. The van der Waals surface area contributed by atoms with Gasteiger partial charge in [0, 0.05) is 25.7 Å². The van der Waals surface area contributed by atoms with Gasteiger partial charge < -0.3 is 4.74 Å². The highest BCUT2D eigenvalue weighted by atomic mass is 19.4. The van der Waals surface area contributed by atoms with Crippen molar-refractivity contribution in [3.8, 4) is 0 Å². The molecule has 11 heteroatoms. The molecule has 0 spiro atoms. The zero-order chi connectivity index (χ0) is 19.0. The molecule has 0 aromatic heterocycles. The van der Waals surface area contributed by atoms with E-state index in [0.717, 1.165) is 38.3 Å². The Morgan fingerprint density at radius 2 is 1.58 bits per heavy atom. The highest BCUT2D eigenvalue weighted by molar-refractivity contribution is 5.37. The predicted molar refractivity (Wildman–Crippen MR) is 68.0 cm³/mol. The first-order valence-corrected chi connectivity index (χ1v) is 6.30. The number of methoxy groups -OCH3 is 1. The van der Waals surface area contributed by atoms with Gasteiger partial charge in [0.15, 0.2) is 0 Å². The molecule has 0 heterocycles. The summed E-state index contributed by atoms with van der Waals surface area (Å²) in [7, 11) is 0.784. The van der Waals surface area contributed by atoms with E-state index in [4.69, 9.17) is 0 Å². The van der Waals surface area contributed by atoms with Crippen LogP contribution in [-0.2, 0) is 10.3 Å². The second-order valence-electron chi connectivity index (χ2n) is 5.22. The van der Waals surface area contributed by atoms with E-state index in [2.05, 4.69) is 4.74 Å². The van der Waals surface area contributed by atoms with Gasteiger partial charge in [0.2, 0.25) is 0 Å². The summed E-state index contributed by atoms with van der Waals surface area (Å²) in [4.78, 5) is 9.81. The van der Waals surface area contributed by atoms with Gasteiger partial charge in [0.05, 0.1) is 10.5 Å². The fourth-order valence-corrected chi connectivity index (χ4v) is 2.07. The summed E-state index contributed by atoms with van der Waals surface area (Å²) < 4.78 is 95.0. The third kappa shape index (κ3) is 3.60. The van der Waals surface area contributed by atoms with Crippen molar-refractivity contribution in [1.29, 1.82) is 0 Å². The lowest BCUT2D eigenvalue weighted by Crippen LogP contribution is -2.56. The van der Waals surface area contributed by atoms with E-state index in [0.29, 0.717) is 0 Å². The molecule has 0 fully saturated rings. The maximum absolute atomic E-state index is 14.0. The van der Waals surface area contributed by atoms with E-state index in [1.807, 2.05) is 0 Å². The summed E-state index contributed by atoms with van der Waals surface area (Å²) in [6.45, 7) is 0.790. The molecular weight excluding hydrogens is 351 g/mol. The summed E-state index contributed by atoms with van der Waals surface area (Å²) in [5.74, 6) is 0. The number of hydrogen-bond donors (Lipinski definition) is 0. The standard InChI is InChI=1S/C13H12F7NO3/c1-10(24-2,8-4-3-5-9(6-8)21(22)23)7-11(14,12(15,16)17)13(18,19)20/h3-6H,7H2,1-2H3. The van der Waals surface area contributed by atoms with Crippen molar-refractivity contribution in [2.24, 2.45) is 0 Å². The topological polar surface area (TPSA) is 52.4 Å². The van der Waals surface area contributed by atoms with E-state index >= 15 is 0 Å². The Morgan fingerprint density at radius 3 is 1.96 bits per heavy atom. The van der Waals surface area contributed by atoms with Crippen LogP contribution in [0.5, 0.6) is 0 Å². The molecule has 0 bridgehead atoms. The number of nitrogens with zero attached hydrogens (tertiary/aromatic N) is 1. The first kappa shape index (κ1) is 20.1. The third-order valence-electron chi connectivity index (χ3n) is 3.60. The lowest BCUT2D eigenvalue weighted by atomic mass is 9.83. The SMILES string of the molecule is COC(C)(CC(F)(C(F)(F)F)C(F)(F)F)c1cccc([N+](=O)[O-])c1. The van der Waals surface area contributed by atoms with Crippen LogP contribution >= 0.6 is 0 Å². The molecule has 0 saturated heterocycles. The third-order valence-corrected chi connectivity index (χ3v) is 3.60. The fourth-order valence-electron chi connectivity index (χ4n) is 2.07. The molecule has 0 amide bonds. The zero-order valence-electron chi connectivity index (χ0n) is 12.3. The van der Waals surface area contributed by atoms with Gasteiger partial charge in [-0.15, -0.1) is 0 Å². The van der Waals surface area contributed by atoms with Crippen LogP contribution in [0, 0.1) is 10.1 Å². The van der Waals surface area contributed by atoms with Crippen LogP contribution in [0.4, 0.5) is 36.4 Å². The van der Waals surface area contributed by atoms with Crippen molar-refractivity contribution in [3.05, 3.63) is 39.9 Å². The maximum atomic E-state index is 14.0. The number of nitro benzene ring substituents is 1. The van der Waals surface area contributed by atoms with Crippen molar-refractivity contribution in [2.45, 2.75) is 37.0 Å². The van der Waals surface area contributed by atoms with Crippen LogP contribution in [0.1, 0.15) is 18.9 Å². The highest BCUT2D eigenvalue weighted by Crippen LogP contribution is 2.52. The molecular formula is C13H12F7NO3. The molecule has 1 unspecified atom stereocenters. The molecule has 0 aliphatic heterocycles. The Kier molecular flexibility index (Phi) is 5.19. The quantitative estimate of drug-likeness (QED) is 0.434. The van der Waals surface area contributed by atoms with Gasteiger partial charge in [-0.1, -0.05) is 12.1 Å². The van der Waals surface area contributed by atoms with Gasteiger partial charge in [-0.2, -0.15) is 26.3 Å². The number of non-ortho nitro benzene ring substituents is 1. The van der Waals surface area contributed by atoms with Crippen LogP contribution < -0.4 is 0 Å². The minimum Gasteiger partial charge on any atom is -0.374 e. The number of hydrogen-bond acceptors (Lipinski definition) is 3. The zero-order valence-corrected chi connectivity index (χ0v) is 12.3. The molecule has 1 rings (SSSR count). The normalized spacial score (nSPS) is 15.9. The summed E-state index contributed by atoms with van der Waals surface area (Å²) in [6, 6.07) is 3.78. The van der Waals surface area contributed by atoms with Crippen LogP contribution in [0.15, 0.2) is 24.3 Å². The van der Waals surface area contributed by atoms with Crippen LogP contribution in [-0.4, -0.2) is 30.1 Å². The Balaban J connectivity index is 3.43. The van der Waals surface area contributed by atoms with Crippen LogP contribution in [0.2, 0.25) is 0 Å². The van der Waals surface area contributed by atoms with E-state index in [1.165, 1.54) is 0 Å². The molecule has 0 radical (unpaired) electrons. The first-order valence-electron chi connectivity index (χ1n) is 6.30. The lowest BCUT2D eigenvalue weighted by molar-refractivity contribution is -0.385. The lowest BCUT2D eigenvalue weighted by Gasteiger charge is -2.38. The molecule has 4 nitrogen and oxygen atoms in total. The largest absolute Gasteiger partial charge is 0.431 e. The minimum absolute atomic E-state index is 0.394. The van der Waals surface area contributed by atoms with Crippen molar-refractivity contribution in [2.75, 3.05) is 7.11 Å². The van der Waals surface area contributed by atoms with Gasteiger partial charge in [-0.25, -0.2) is 4.39 Å². The first-order chi connectivity index (χ1) is 10.7.